The second-order valence-electron chi connectivity index (χ2n) is 8.48. The molecule has 182 valence electrons. The van der Waals surface area contributed by atoms with Crippen LogP contribution in [0.5, 0.6) is 0 Å². The highest BCUT2D eigenvalue weighted by Crippen LogP contribution is 2.36. The SMILES string of the molecule is CNc1cc(N2CCC(C(C)(C)O)C2)cnc1C(F)(F)F.O=Cc1cccc(-c2cn[nH]c2)n1. The van der Waals surface area contributed by atoms with Crippen LogP contribution in [-0.4, -0.2) is 57.3 Å². The number of hydrogen-bond acceptors (Lipinski definition) is 7. The molecule has 0 radical (unpaired) electrons. The number of halogens is 3. The van der Waals surface area contributed by atoms with Crippen molar-refractivity contribution < 1.29 is 23.1 Å². The van der Waals surface area contributed by atoms with Gasteiger partial charge in [0.25, 0.3) is 0 Å². The number of nitrogens with zero attached hydrogens (tertiary/aromatic N) is 4. The number of aromatic nitrogens is 4. The highest BCUT2D eigenvalue weighted by atomic mass is 19.4. The van der Waals surface area contributed by atoms with Crippen LogP contribution in [0, 0.1) is 5.92 Å². The quantitative estimate of drug-likeness (QED) is 0.478. The number of rotatable bonds is 5. The van der Waals surface area contributed by atoms with Crippen LogP contribution in [0.15, 0.2) is 42.9 Å². The first-order chi connectivity index (χ1) is 16.0. The molecule has 3 aromatic heterocycles. The molecule has 1 aliphatic heterocycles. The number of alkyl halides is 3. The van der Waals surface area contributed by atoms with Crippen molar-refractivity contribution >= 4 is 17.7 Å². The molecule has 0 spiro atoms. The summed E-state index contributed by atoms with van der Waals surface area (Å²) >= 11 is 0. The Bertz CT molecular complexity index is 1100. The summed E-state index contributed by atoms with van der Waals surface area (Å²) in [5.74, 6) is 0.0952. The number of carbonyl (C=O) groups excluding carboxylic acids is 1. The zero-order chi connectivity index (χ0) is 24.9. The van der Waals surface area contributed by atoms with Crippen molar-refractivity contribution in [3.05, 3.63) is 54.2 Å². The van der Waals surface area contributed by atoms with Gasteiger partial charge >= 0.3 is 6.18 Å². The van der Waals surface area contributed by atoms with Gasteiger partial charge in [-0.3, -0.25) is 9.89 Å². The zero-order valence-corrected chi connectivity index (χ0v) is 19.1. The number of nitrogens with one attached hydrogen (secondary N) is 2. The van der Waals surface area contributed by atoms with Crippen molar-refractivity contribution in [1.82, 2.24) is 20.2 Å². The van der Waals surface area contributed by atoms with Crippen LogP contribution in [0.2, 0.25) is 0 Å². The van der Waals surface area contributed by atoms with Crippen molar-refractivity contribution in [2.75, 3.05) is 30.4 Å². The van der Waals surface area contributed by atoms with Gasteiger partial charge in [-0.25, -0.2) is 9.97 Å². The zero-order valence-electron chi connectivity index (χ0n) is 19.1. The lowest BCUT2D eigenvalue weighted by Gasteiger charge is -2.26. The average molecular weight is 477 g/mol. The summed E-state index contributed by atoms with van der Waals surface area (Å²) in [5, 5.41) is 19.1. The van der Waals surface area contributed by atoms with Crippen molar-refractivity contribution in [2.24, 2.45) is 5.92 Å². The van der Waals surface area contributed by atoms with E-state index in [1.165, 1.54) is 19.3 Å². The van der Waals surface area contributed by atoms with Gasteiger partial charge in [0.2, 0.25) is 0 Å². The van der Waals surface area contributed by atoms with E-state index in [1.54, 1.807) is 38.4 Å². The number of H-pyrrole nitrogens is 1. The third-order valence-electron chi connectivity index (χ3n) is 5.65. The summed E-state index contributed by atoms with van der Waals surface area (Å²) in [7, 11) is 1.44. The molecule has 34 heavy (non-hydrogen) atoms. The minimum absolute atomic E-state index is 0.0355. The van der Waals surface area contributed by atoms with E-state index in [0.29, 0.717) is 24.5 Å². The van der Waals surface area contributed by atoms with Gasteiger partial charge in [-0.2, -0.15) is 18.3 Å². The van der Waals surface area contributed by atoms with Crippen molar-refractivity contribution in [3.63, 3.8) is 0 Å². The lowest BCUT2D eigenvalue weighted by Crippen LogP contribution is -2.33. The van der Waals surface area contributed by atoms with E-state index in [9.17, 15) is 23.1 Å². The molecular weight excluding hydrogens is 449 g/mol. The standard InChI is InChI=1S/C14H20F3N3O.C9H7N3O/c1-13(2,21)9-4-5-20(8-9)10-6-11(18-3)12(19-7-10)14(15,16)17;13-6-8-2-1-3-9(12-8)7-4-10-11-5-7/h6-7,9,18,21H,4-5,8H2,1-3H3;1-6H,(H,10,11). The van der Waals surface area contributed by atoms with E-state index in [1.807, 2.05) is 11.0 Å². The average Bonchev–Trinajstić information content (AvgIpc) is 3.51. The Labute approximate surface area is 195 Å². The molecule has 1 unspecified atom stereocenters. The minimum atomic E-state index is -4.47. The molecule has 0 aliphatic carbocycles. The van der Waals surface area contributed by atoms with E-state index in [0.717, 1.165) is 24.0 Å². The van der Waals surface area contributed by atoms with Gasteiger partial charge in [0.1, 0.15) is 5.69 Å². The van der Waals surface area contributed by atoms with Crippen LogP contribution in [-0.2, 0) is 6.18 Å². The van der Waals surface area contributed by atoms with Crippen LogP contribution < -0.4 is 10.2 Å². The van der Waals surface area contributed by atoms with Gasteiger partial charge in [-0.05, 0) is 38.5 Å². The summed E-state index contributed by atoms with van der Waals surface area (Å²) < 4.78 is 38.4. The van der Waals surface area contributed by atoms with Crippen molar-refractivity contribution in [3.8, 4) is 11.3 Å². The smallest absolute Gasteiger partial charge is 0.390 e. The van der Waals surface area contributed by atoms with Crippen molar-refractivity contribution in [2.45, 2.75) is 32.0 Å². The fourth-order valence-corrected chi connectivity index (χ4v) is 3.68. The fourth-order valence-electron chi connectivity index (χ4n) is 3.68. The molecule has 0 aromatic carbocycles. The predicted octanol–water partition coefficient (Wildman–Crippen LogP) is 4.02. The Hall–Kier alpha value is -3.47. The molecule has 4 heterocycles. The second-order valence-corrected chi connectivity index (χ2v) is 8.48. The third-order valence-corrected chi connectivity index (χ3v) is 5.65. The number of hydrogen-bond donors (Lipinski definition) is 3. The van der Waals surface area contributed by atoms with Gasteiger partial charge in [-0.1, -0.05) is 6.07 Å². The van der Waals surface area contributed by atoms with E-state index in [2.05, 4.69) is 25.5 Å². The first-order valence-corrected chi connectivity index (χ1v) is 10.7. The lowest BCUT2D eigenvalue weighted by atomic mass is 9.90. The molecule has 1 fully saturated rings. The van der Waals surface area contributed by atoms with E-state index in [4.69, 9.17) is 0 Å². The molecule has 4 rings (SSSR count). The number of carbonyl (C=O) groups is 1. The molecule has 0 saturated carbocycles. The van der Waals surface area contributed by atoms with Gasteiger partial charge in [0.05, 0.1) is 35.1 Å². The number of aldehydes is 1. The molecule has 3 aromatic rings. The van der Waals surface area contributed by atoms with Crippen molar-refractivity contribution in [1.29, 1.82) is 0 Å². The fraction of sp³-hybridized carbons (Fsp3) is 0.391. The maximum absolute atomic E-state index is 12.8. The Kier molecular flexibility index (Phi) is 7.55. The second kappa shape index (κ2) is 10.2. The van der Waals surface area contributed by atoms with Crippen LogP contribution in [0.4, 0.5) is 24.5 Å². The van der Waals surface area contributed by atoms with E-state index in [-0.39, 0.29) is 11.6 Å². The summed E-state index contributed by atoms with van der Waals surface area (Å²) in [6.45, 7) is 4.82. The predicted molar refractivity (Wildman–Crippen MR) is 123 cm³/mol. The molecule has 0 bridgehead atoms. The molecule has 8 nitrogen and oxygen atoms in total. The summed E-state index contributed by atoms with van der Waals surface area (Å²) in [6, 6.07) is 6.75. The normalized spacial score (nSPS) is 16.1. The molecule has 1 atom stereocenters. The minimum Gasteiger partial charge on any atom is -0.390 e. The van der Waals surface area contributed by atoms with E-state index >= 15 is 0 Å². The highest BCUT2D eigenvalue weighted by Gasteiger charge is 2.37. The summed E-state index contributed by atoms with van der Waals surface area (Å²) in [6.07, 6.45) is 1.70. The molecule has 11 heteroatoms. The third kappa shape index (κ3) is 6.10. The number of pyridine rings is 2. The van der Waals surface area contributed by atoms with Crippen LogP contribution >= 0.6 is 0 Å². The van der Waals surface area contributed by atoms with Gasteiger partial charge in [0, 0.05) is 37.8 Å². The van der Waals surface area contributed by atoms with Gasteiger partial charge in [0.15, 0.2) is 12.0 Å². The summed E-state index contributed by atoms with van der Waals surface area (Å²) in [4.78, 5) is 20.1. The Morgan fingerprint density at radius 2 is 2.03 bits per heavy atom. The van der Waals surface area contributed by atoms with Gasteiger partial charge in [-0.15, -0.1) is 0 Å². The Morgan fingerprint density at radius 3 is 2.59 bits per heavy atom. The molecule has 1 saturated heterocycles. The molecule has 0 amide bonds. The number of aliphatic hydroxyl groups is 1. The van der Waals surface area contributed by atoms with Gasteiger partial charge < -0.3 is 15.3 Å². The molecule has 1 aliphatic rings. The van der Waals surface area contributed by atoms with Crippen LogP contribution in [0.1, 0.15) is 36.5 Å². The van der Waals surface area contributed by atoms with Crippen LogP contribution in [0.25, 0.3) is 11.3 Å². The van der Waals surface area contributed by atoms with E-state index < -0.39 is 17.5 Å². The first-order valence-electron chi connectivity index (χ1n) is 10.7. The largest absolute Gasteiger partial charge is 0.435 e. The maximum Gasteiger partial charge on any atom is 0.435 e. The first kappa shape index (κ1) is 25.2. The Balaban J connectivity index is 0.000000212. The topological polar surface area (TPSA) is 107 Å². The maximum atomic E-state index is 12.8. The summed E-state index contributed by atoms with van der Waals surface area (Å²) in [5.41, 5.74) is 0.957. The highest BCUT2D eigenvalue weighted by molar-refractivity contribution is 5.73. The molecule has 3 N–H and O–H groups in total. The number of aromatic amines is 1. The lowest BCUT2D eigenvalue weighted by molar-refractivity contribution is -0.140. The molecular formula is C23H27F3N6O2. The monoisotopic (exact) mass is 476 g/mol. The van der Waals surface area contributed by atoms with Crippen LogP contribution in [0.3, 0.4) is 0 Å². The number of anilines is 2. The Morgan fingerprint density at radius 1 is 1.26 bits per heavy atom.